The van der Waals surface area contributed by atoms with Crippen molar-refractivity contribution in [3.63, 3.8) is 0 Å². The van der Waals surface area contributed by atoms with Crippen molar-refractivity contribution in [1.82, 2.24) is 19.3 Å². The maximum atomic E-state index is 13.3. The molecule has 0 amide bonds. The zero-order valence-electron chi connectivity index (χ0n) is 16.4. The minimum absolute atomic E-state index is 0.0676. The fourth-order valence-corrected chi connectivity index (χ4v) is 3.29. The van der Waals surface area contributed by atoms with E-state index < -0.39 is 17.6 Å². The number of hydrogen-bond acceptors (Lipinski definition) is 4. The standard InChI is InChI=1S/C21H18F3N5O/c1-12-9-10-16-15(11-12)18(27-20(25-16)21(22,23)24)26-17-13(2)28(3)29(19(17)30)14-7-5-4-6-8-14/h4-11H,1-3H3,(H,25,26,27). The van der Waals surface area contributed by atoms with Crippen molar-refractivity contribution >= 4 is 22.4 Å². The molecular weight excluding hydrogens is 395 g/mol. The van der Waals surface area contributed by atoms with Crippen molar-refractivity contribution < 1.29 is 13.2 Å². The second-order valence-corrected chi connectivity index (χ2v) is 6.98. The summed E-state index contributed by atoms with van der Waals surface area (Å²) < 4.78 is 43.1. The third-order valence-electron chi connectivity index (χ3n) is 4.90. The second-order valence-electron chi connectivity index (χ2n) is 6.98. The minimum Gasteiger partial charge on any atom is -0.334 e. The molecule has 30 heavy (non-hydrogen) atoms. The average Bonchev–Trinajstić information content (AvgIpc) is 2.91. The summed E-state index contributed by atoms with van der Waals surface area (Å²) in [5, 5.41) is 3.25. The Hall–Kier alpha value is -3.62. The Morgan fingerprint density at radius 2 is 1.70 bits per heavy atom. The minimum atomic E-state index is -4.72. The van der Waals surface area contributed by atoms with Gasteiger partial charge in [-0.15, -0.1) is 0 Å². The van der Waals surface area contributed by atoms with Crippen molar-refractivity contribution in [2.75, 3.05) is 5.32 Å². The van der Waals surface area contributed by atoms with Crippen LogP contribution in [0.15, 0.2) is 53.3 Å². The Labute approximate surface area is 169 Å². The second kappa shape index (κ2) is 7.01. The van der Waals surface area contributed by atoms with Crippen molar-refractivity contribution in [1.29, 1.82) is 0 Å². The summed E-state index contributed by atoms with van der Waals surface area (Å²) in [5.74, 6) is -1.33. The zero-order chi connectivity index (χ0) is 21.6. The van der Waals surface area contributed by atoms with Gasteiger partial charge in [0.1, 0.15) is 11.5 Å². The molecule has 154 valence electrons. The van der Waals surface area contributed by atoms with Gasteiger partial charge < -0.3 is 5.32 Å². The molecule has 6 nitrogen and oxygen atoms in total. The van der Waals surface area contributed by atoms with Crippen LogP contribution in [0.2, 0.25) is 0 Å². The fourth-order valence-electron chi connectivity index (χ4n) is 3.29. The third kappa shape index (κ3) is 3.32. The highest BCUT2D eigenvalue weighted by Gasteiger charge is 2.35. The number of nitrogens with one attached hydrogen (secondary N) is 1. The number of aryl methyl sites for hydroxylation is 1. The molecule has 0 atom stereocenters. The van der Waals surface area contributed by atoms with E-state index in [-0.39, 0.29) is 17.0 Å². The van der Waals surface area contributed by atoms with Crippen LogP contribution in [-0.2, 0) is 13.2 Å². The van der Waals surface area contributed by atoms with E-state index >= 15 is 0 Å². The predicted octanol–water partition coefficient (Wildman–Crippen LogP) is 4.50. The van der Waals surface area contributed by atoms with Gasteiger partial charge in [-0.2, -0.15) is 13.2 Å². The van der Waals surface area contributed by atoms with Gasteiger partial charge in [-0.25, -0.2) is 14.6 Å². The van der Waals surface area contributed by atoms with E-state index in [4.69, 9.17) is 0 Å². The van der Waals surface area contributed by atoms with Crippen LogP contribution < -0.4 is 10.9 Å². The van der Waals surface area contributed by atoms with E-state index in [1.807, 2.05) is 13.0 Å². The Balaban J connectivity index is 1.92. The molecule has 0 aliphatic heterocycles. The molecule has 0 saturated heterocycles. The van der Waals surface area contributed by atoms with Crippen LogP contribution >= 0.6 is 0 Å². The van der Waals surface area contributed by atoms with Crippen LogP contribution in [0.3, 0.4) is 0 Å². The lowest BCUT2D eigenvalue weighted by Crippen LogP contribution is -2.20. The Morgan fingerprint density at radius 3 is 2.37 bits per heavy atom. The molecule has 4 rings (SSSR count). The van der Waals surface area contributed by atoms with Gasteiger partial charge in [0.2, 0.25) is 5.82 Å². The Kier molecular flexibility index (Phi) is 4.60. The van der Waals surface area contributed by atoms with Crippen LogP contribution in [-0.4, -0.2) is 19.3 Å². The lowest BCUT2D eigenvalue weighted by molar-refractivity contribution is -0.144. The third-order valence-corrected chi connectivity index (χ3v) is 4.90. The van der Waals surface area contributed by atoms with Crippen molar-refractivity contribution in [2.45, 2.75) is 20.0 Å². The summed E-state index contributed by atoms with van der Waals surface area (Å²) in [4.78, 5) is 20.5. The SMILES string of the molecule is Cc1ccc2nc(C(F)(F)F)nc(Nc3c(C)n(C)n(-c4ccccc4)c3=O)c2c1. The number of aromatic nitrogens is 4. The van der Waals surface area contributed by atoms with Gasteiger partial charge >= 0.3 is 6.18 Å². The summed E-state index contributed by atoms with van der Waals surface area (Å²) in [5.41, 5.74) is 1.92. The van der Waals surface area contributed by atoms with Gasteiger partial charge in [0.25, 0.3) is 5.56 Å². The van der Waals surface area contributed by atoms with Crippen LogP contribution in [0.1, 0.15) is 17.1 Å². The molecule has 2 aromatic carbocycles. The van der Waals surface area contributed by atoms with Crippen molar-refractivity contribution in [2.24, 2.45) is 7.05 Å². The number of hydrogen-bond donors (Lipinski definition) is 1. The molecule has 0 aliphatic carbocycles. The lowest BCUT2D eigenvalue weighted by atomic mass is 10.1. The van der Waals surface area contributed by atoms with Gasteiger partial charge in [0, 0.05) is 12.4 Å². The molecule has 2 aromatic heterocycles. The van der Waals surface area contributed by atoms with E-state index in [1.54, 1.807) is 55.1 Å². The van der Waals surface area contributed by atoms with E-state index in [1.165, 1.54) is 10.7 Å². The molecule has 0 unspecified atom stereocenters. The molecule has 0 saturated carbocycles. The van der Waals surface area contributed by atoms with Gasteiger partial charge in [0.15, 0.2) is 0 Å². The fraction of sp³-hybridized carbons (Fsp3) is 0.190. The molecule has 0 bridgehead atoms. The van der Waals surface area contributed by atoms with E-state index in [0.29, 0.717) is 16.8 Å². The molecule has 0 radical (unpaired) electrons. The predicted molar refractivity (Wildman–Crippen MR) is 108 cm³/mol. The first-order valence-corrected chi connectivity index (χ1v) is 9.13. The smallest absolute Gasteiger partial charge is 0.334 e. The highest BCUT2D eigenvalue weighted by atomic mass is 19.4. The van der Waals surface area contributed by atoms with Gasteiger partial charge in [-0.1, -0.05) is 29.8 Å². The van der Waals surface area contributed by atoms with E-state index in [9.17, 15) is 18.0 Å². The number of nitrogens with zero attached hydrogens (tertiary/aromatic N) is 4. The molecule has 2 heterocycles. The highest BCUT2D eigenvalue weighted by Crippen LogP contribution is 2.32. The zero-order valence-corrected chi connectivity index (χ0v) is 16.4. The van der Waals surface area contributed by atoms with Crippen molar-refractivity contribution in [3.8, 4) is 5.69 Å². The maximum Gasteiger partial charge on any atom is 0.451 e. The van der Waals surface area contributed by atoms with Gasteiger partial charge in [-0.05, 0) is 38.1 Å². The number of halogens is 3. The normalized spacial score (nSPS) is 11.8. The number of rotatable bonds is 3. The van der Waals surface area contributed by atoms with E-state index in [0.717, 1.165) is 5.56 Å². The Morgan fingerprint density at radius 1 is 1.00 bits per heavy atom. The van der Waals surface area contributed by atoms with Gasteiger partial charge in [-0.3, -0.25) is 9.48 Å². The topological polar surface area (TPSA) is 64.7 Å². The first kappa shape index (κ1) is 19.7. The molecule has 0 aliphatic rings. The summed E-state index contributed by atoms with van der Waals surface area (Å²) in [6.07, 6.45) is -4.72. The number of fused-ring (bicyclic) bond motifs is 1. The average molecular weight is 413 g/mol. The molecule has 0 fully saturated rings. The van der Waals surface area contributed by atoms with Crippen LogP contribution in [0.4, 0.5) is 24.7 Å². The van der Waals surface area contributed by atoms with E-state index in [2.05, 4.69) is 15.3 Å². The summed E-state index contributed by atoms with van der Waals surface area (Å²) in [6, 6.07) is 13.8. The monoisotopic (exact) mass is 413 g/mol. The van der Waals surface area contributed by atoms with Gasteiger partial charge in [0.05, 0.1) is 16.9 Å². The summed E-state index contributed by atoms with van der Waals surface area (Å²) >= 11 is 0. The molecular formula is C21H18F3N5O. The number of benzene rings is 2. The first-order valence-electron chi connectivity index (χ1n) is 9.13. The Bertz CT molecular complexity index is 1310. The van der Waals surface area contributed by atoms with Crippen molar-refractivity contribution in [3.05, 3.63) is 76.0 Å². The number of para-hydroxylation sites is 1. The number of alkyl halides is 3. The highest BCUT2D eigenvalue weighted by molar-refractivity contribution is 5.91. The summed E-state index contributed by atoms with van der Waals surface area (Å²) in [6.45, 7) is 3.53. The quantitative estimate of drug-likeness (QED) is 0.537. The molecule has 0 spiro atoms. The van der Waals surface area contributed by atoms with Crippen LogP contribution in [0.5, 0.6) is 0 Å². The molecule has 4 aromatic rings. The maximum absolute atomic E-state index is 13.3. The summed E-state index contributed by atoms with van der Waals surface area (Å²) in [7, 11) is 1.71. The first-order chi connectivity index (χ1) is 14.2. The van der Waals surface area contributed by atoms with Crippen LogP contribution in [0, 0.1) is 13.8 Å². The largest absolute Gasteiger partial charge is 0.451 e. The van der Waals surface area contributed by atoms with Crippen LogP contribution in [0.25, 0.3) is 16.6 Å². The molecule has 9 heteroatoms. The lowest BCUT2D eigenvalue weighted by Gasteiger charge is -2.12. The number of anilines is 2. The molecule has 1 N–H and O–H groups in total.